The topological polar surface area (TPSA) is 350 Å². The summed E-state index contributed by atoms with van der Waals surface area (Å²) in [4.78, 5) is 80.4. The molecule has 3 fully saturated rings. The summed E-state index contributed by atoms with van der Waals surface area (Å²) in [6.45, 7) is 23.5. The van der Waals surface area contributed by atoms with Crippen LogP contribution in [-0.2, 0) is 47.4 Å². The molecular formula is C48H86N6O20. The number of nitrogens with one attached hydrogen (secondary N) is 5. The van der Waals surface area contributed by atoms with Crippen molar-refractivity contribution in [2.75, 3.05) is 26.7 Å². The highest BCUT2D eigenvalue weighted by atomic mass is 16.7. The zero-order valence-electron chi connectivity index (χ0n) is 45.8. The van der Waals surface area contributed by atoms with Gasteiger partial charge in [0.05, 0.1) is 36.9 Å². The van der Waals surface area contributed by atoms with E-state index in [0.717, 1.165) is 0 Å². The van der Waals surface area contributed by atoms with Gasteiger partial charge in [-0.25, -0.2) is 24.0 Å². The predicted octanol–water partition coefficient (Wildman–Crippen LogP) is 1.77. The Morgan fingerprint density at radius 3 is 1.54 bits per heavy atom. The second-order valence-corrected chi connectivity index (χ2v) is 23.7. The first-order chi connectivity index (χ1) is 33.7. The second kappa shape index (κ2) is 26.0. The molecule has 2 heterocycles. The van der Waals surface area contributed by atoms with Gasteiger partial charge in [0.15, 0.2) is 12.6 Å². The quantitative estimate of drug-likeness (QED) is 0.104. The summed E-state index contributed by atoms with van der Waals surface area (Å²) in [6.07, 6.45) is -21.2. The summed E-state index contributed by atoms with van der Waals surface area (Å²) >= 11 is 0. The number of hydrogen-bond donors (Lipinski definition) is 10. The normalized spacial score (nSPS) is 29.3. The van der Waals surface area contributed by atoms with Gasteiger partial charge < -0.3 is 99.6 Å². The maximum atomic E-state index is 13.9. The van der Waals surface area contributed by atoms with Crippen LogP contribution in [0, 0.1) is 0 Å². The van der Waals surface area contributed by atoms with Crippen LogP contribution >= 0.6 is 0 Å². The third kappa shape index (κ3) is 21.6. The Kier molecular flexibility index (Phi) is 22.4. The minimum Gasteiger partial charge on any atom is -0.444 e. The van der Waals surface area contributed by atoms with Crippen LogP contribution < -0.4 is 26.6 Å². The zero-order valence-corrected chi connectivity index (χ0v) is 45.8. The molecule has 2 saturated heterocycles. The van der Waals surface area contributed by atoms with E-state index < -0.39 is 163 Å². The van der Waals surface area contributed by atoms with Crippen LogP contribution in [0.25, 0.3) is 0 Å². The molecule has 74 heavy (non-hydrogen) atoms. The Labute approximate surface area is 433 Å². The molecule has 428 valence electrons. The van der Waals surface area contributed by atoms with Crippen LogP contribution in [0.2, 0.25) is 0 Å². The first-order valence-corrected chi connectivity index (χ1v) is 24.9. The maximum Gasteiger partial charge on any atom is 0.410 e. The van der Waals surface area contributed by atoms with Gasteiger partial charge in [-0.15, -0.1) is 0 Å². The molecule has 1 saturated carbocycles. The van der Waals surface area contributed by atoms with E-state index in [4.69, 9.17) is 42.6 Å². The van der Waals surface area contributed by atoms with Gasteiger partial charge in [-0.05, 0) is 130 Å². The highest BCUT2D eigenvalue weighted by Crippen LogP contribution is 2.34. The molecule has 6 unspecified atom stereocenters. The molecule has 1 aliphatic carbocycles. The SMILES string of the molecule is CN(CC1CCC(NC(=O)OC(C)(C)C)[C@@H](OC2C(O)[C@@H](O[C@H]3OC(CO)[C@@H](O)[C@H](NC(=O)OC(C)(C)C)C3O)[C@H](NC(=O)[C@@H](O)CCNC(=O)OC(C)(C)C)C[C@H]2NC(=O)OC(C)(C)C)O1)C(=O)OC(C)(C)C. The number of hydrogen-bond acceptors (Lipinski definition) is 20. The summed E-state index contributed by atoms with van der Waals surface area (Å²) in [5.74, 6) is -1.04. The van der Waals surface area contributed by atoms with Crippen LogP contribution in [0.4, 0.5) is 24.0 Å². The van der Waals surface area contributed by atoms with Crippen molar-refractivity contribution < 1.29 is 96.9 Å². The standard InChI is InChI=1S/C48H86N6O20/c1-44(2,3)70-39(61)49-20-19-28(56)36(60)50-26-21-27(52-41(63)72-46(7,8)9)35(33(59)34(26)69-38-32(58)30(31(57)29(23-55)67-38)53-42(64)73-47(10,11)12)68-37-25(51-40(62)71-45(4,5)6)18-17-24(66-37)22-54(16)43(65)74-48(13,14)15/h24-35,37-38,55-59H,17-23H2,1-16H3,(H,49,61)(H,50,60)(H,51,62)(H,52,63)(H,53,64)/t24?,25?,26-,27-,28+,29?,30+,31-,32?,33?,34+,35?,37-,38-/m1/s1. The molecular weight excluding hydrogens is 981 g/mol. The molecule has 26 heteroatoms. The molecule has 0 spiro atoms. The lowest BCUT2D eigenvalue weighted by molar-refractivity contribution is -0.316. The number of alkyl carbamates (subject to hydrolysis) is 4. The first kappa shape index (κ1) is 63.8. The number of amides is 6. The Hall–Kier alpha value is -4.54. The fraction of sp³-hybridized carbons (Fsp3) is 0.875. The number of nitrogens with zero attached hydrogens (tertiary/aromatic N) is 1. The summed E-state index contributed by atoms with van der Waals surface area (Å²) in [7, 11) is 1.50. The Balaban J connectivity index is 2.14. The Morgan fingerprint density at radius 2 is 1.04 bits per heavy atom. The van der Waals surface area contributed by atoms with Crippen molar-refractivity contribution in [1.82, 2.24) is 31.5 Å². The van der Waals surface area contributed by atoms with Crippen LogP contribution in [0.15, 0.2) is 0 Å². The van der Waals surface area contributed by atoms with Gasteiger partial charge in [-0.2, -0.15) is 0 Å². The van der Waals surface area contributed by atoms with E-state index in [1.165, 1.54) is 11.9 Å². The van der Waals surface area contributed by atoms with Crippen LogP contribution in [0.1, 0.15) is 130 Å². The molecule has 6 amide bonds. The van der Waals surface area contributed by atoms with E-state index in [-0.39, 0.29) is 32.4 Å². The van der Waals surface area contributed by atoms with Gasteiger partial charge in [0.2, 0.25) is 5.91 Å². The van der Waals surface area contributed by atoms with Crippen molar-refractivity contribution in [1.29, 1.82) is 0 Å². The Bertz CT molecular complexity index is 1880. The van der Waals surface area contributed by atoms with Gasteiger partial charge in [-0.1, -0.05) is 0 Å². The van der Waals surface area contributed by atoms with Gasteiger partial charge in [-0.3, -0.25) is 4.79 Å². The molecule has 10 N–H and O–H groups in total. The first-order valence-electron chi connectivity index (χ1n) is 24.9. The largest absolute Gasteiger partial charge is 0.444 e. The molecule has 0 aromatic rings. The van der Waals surface area contributed by atoms with Crippen molar-refractivity contribution in [3.8, 4) is 0 Å². The summed E-state index contributed by atoms with van der Waals surface area (Å²) < 4.78 is 52.4. The predicted molar refractivity (Wildman–Crippen MR) is 261 cm³/mol. The number of rotatable bonds is 15. The maximum absolute atomic E-state index is 13.9. The average molecular weight is 1070 g/mol. The molecule has 2 aliphatic heterocycles. The highest BCUT2D eigenvalue weighted by molar-refractivity contribution is 5.81. The summed E-state index contributed by atoms with van der Waals surface area (Å²) in [5, 5.41) is 69.8. The minimum atomic E-state index is -2.00. The zero-order chi connectivity index (χ0) is 56.5. The lowest BCUT2D eigenvalue weighted by Gasteiger charge is -2.49. The van der Waals surface area contributed by atoms with Crippen molar-refractivity contribution in [3.63, 3.8) is 0 Å². The molecule has 26 nitrogen and oxygen atoms in total. The van der Waals surface area contributed by atoms with E-state index in [1.807, 2.05) is 0 Å². The van der Waals surface area contributed by atoms with Crippen molar-refractivity contribution in [2.24, 2.45) is 0 Å². The molecule has 0 aromatic carbocycles. The third-order valence-corrected chi connectivity index (χ3v) is 10.9. The Morgan fingerprint density at radius 1 is 0.581 bits per heavy atom. The lowest BCUT2D eigenvalue weighted by Crippen LogP contribution is -2.70. The fourth-order valence-electron chi connectivity index (χ4n) is 7.89. The van der Waals surface area contributed by atoms with Gasteiger partial charge in [0.25, 0.3) is 0 Å². The number of ether oxygens (including phenoxy) is 9. The molecule has 3 aliphatic rings. The van der Waals surface area contributed by atoms with Crippen molar-refractivity contribution in [3.05, 3.63) is 0 Å². The summed E-state index contributed by atoms with van der Waals surface area (Å²) in [5.41, 5.74) is -4.64. The van der Waals surface area contributed by atoms with Gasteiger partial charge in [0, 0.05) is 20.1 Å². The van der Waals surface area contributed by atoms with Crippen LogP contribution in [-0.4, -0.2) is 207 Å². The van der Waals surface area contributed by atoms with E-state index in [9.17, 15) is 54.3 Å². The van der Waals surface area contributed by atoms with Gasteiger partial charge >= 0.3 is 30.5 Å². The highest BCUT2D eigenvalue weighted by Gasteiger charge is 2.54. The van der Waals surface area contributed by atoms with Crippen LogP contribution in [0.3, 0.4) is 0 Å². The molecule has 0 aromatic heterocycles. The monoisotopic (exact) mass is 1070 g/mol. The second-order valence-electron chi connectivity index (χ2n) is 23.7. The number of aliphatic hydroxyl groups is 5. The molecule has 14 atom stereocenters. The van der Waals surface area contributed by atoms with E-state index in [1.54, 1.807) is 104 Å². The minimum absolute atomic E-state index is 0.0243. The molecule has 3 rings (SSSR count). The summed E-state index contributed by atoms with van der Waals surface area (Å²) in [6, 6.07) is -5.39. The smallest absolute Gasteiger partial charge is 0.410 e. The number of likely N-dealkylation sites (N-methyl/N-ethyl adjacent to an activating group) is 1. The number of carbonyl (C=O) groups excluding carboxylic acids is 6. The number of carbonyl (C=O) groups is 6. The van der Waals surface area contributed by atoms with Gasteiger partial charge in [0.1, 0.15) is 70.7 Å². The average Bonchev–Trinajstić information content (AvgIpc) is 3.20. The van der Waals surface area contributed by atoms with Crippen molar-refractivity contribution >= 4 is 36.4 Å². The number of aliphatic hydroxyl groups excluding tert-OH is 5. The lowest BCUT2D eigenvalue weighted by atomic mass is 9.83. The molecule has 0 radical (unpaired) electrons. The third-order valence-electron chi connectivity index (χ3n) is 10.9. The van der Waals surface area contributed by atoms with Crippen LogP contribution in [0.5, 0.6) is 0 Å². The van der Waals surface area contributed by atoms with Crippen molar-refractivity contribution in [2.45, 2.75) is 243 Å². The van der Waals surface area contributed by atoms with E-state index >= 15 is 0 Å². The fourth-order valence-corrected chi connectivity index (χ4v) is 7.89. The van der Waals surface area contributed by atoms with E-state index in [0.29, 0.717) is 0 Å². The van der Waals surface area contributed by atoms with E-state index in [2.05, 4.69) is 26.6 Å². The molecule has 0 bridgehead atoms.